The van der Waals surface area contributed by atoms with Gasteiger partial charge in [0, 0.05) is 35.2 Å². The molecule has 40 heavy (non-hydrogen) atoms. The molecule has 1 N–H and O–H groups in total. The molecule has 0 saturated heterocycles. The number of carbonyl (C=O) groups is 2. The minimum atomic E-state index is -0.608. The van der Waals surface area contributed by atoms with E-state index < -0.39 is 17.8 Å². The standard InChI is InChI=1S/C33H32ClNO5/c1-3-39-29-19-23(11-14-27(29)36)31-30(33(38)40-16-15-21-7-5-4-6-8-21)20(2)35-26-17-24(18-28(37)32(26)31)22-9-12-25(34)13-10-22/h4-14,19,24,31-32,36H,3,15-18H2,1-2H3/t24-,31+,32?/m0/s1. The van der Waals surface area contributed by atoms with Gasteiger partial charge in [-0.3, -0.25) is 9.79 Å². The average molecular weight is 558 g/mol. The number of halogens is 1. The van der Waals surface area contributed by atoms with Crippen LogP contribution in [0.25, 0.3) is 0 Å². The number of fused-ring (bicyclic) bond motifs is 1. The van der Waals surface area contributed by atoms with E-state index >= 15 is 0 Å². The third-order valence-electron chi connectivity index (χ3n) is 7.63. The van der Waals surface area contributed by atoms with E-state index in [9.17, 15) is 14.7 Å². The van der Waals surface area contributed by atoms with Crippen molar-refractivity contribution in [2.24, 2.45) is 10.9 Å². The number of aromatic hydroxyl groups is 1. The Balaban J connectivity index is 1.50. The highest BCUT2D eigenvalue weighted by atomic mass is 35.5. The number of hydrogen-bond donors (Lipinski definition) is 1. The van der Waals surface area contributed by atoms with E-state index in [2.05, 4.69) is 0 Å². The van der Waals surface area contributed by atoms with Gasteiger partial charge in [0.2, 0.25) is 0 Å². The van der Waals surface area contributed by atoms with E-state index in [-0.39, 0.29) is 24.1 Å². The van der Waals surface area contributed by atoms with Crippen molar-refractivity contribution in [1.29, 1.82) is 0 Å². The number of ketones is 1. The second-order valence-corrected chi connectivity index (χ2v) is 10.6. The number of rotatable bonds is 8. The van der Waals surface area contributed by atoms with Crippen LogP contribution in [0.1, 0.15) is 55.2 Å². The van der Waals surface area contributed by atoms with Crippen molar-refractivity contribution >= 4 is 29.1 Å². The summed E-state index contributed by atoms with van der Waals surface area (Å²) in [4.78, 5) is 32.3. The van der Waals surface area contributed by atoms with Gasteiger partial charge in [0.05, 0.1) is 24.7 Å². The first-order chi connectivity index (χ1) is 19.4. The number of Topliss-reactive ketones (excluding diaryl/α,β-unsaturated/α-hetero) is 1. The number of aliphatic imine (C=N–C) groups is 1. The molecule has 0 amide bonds. The van der Waals surface area contributed by atoms with Crippen LogP contribution >= 0.6 is 11.6 Å². The molecule has 1 aliphatic heterocycles. The Kier molecular flexibility index (Phi) is 8.36. The maximum absolute atomic E-state index is 13.9. The summed E-state index contributed by atoms with van der Waals surface area (Å²) in [5.41, 5.74) is 4.46. The van der Waals surface area contributed by atoms with Crippen LogP contribution in [0.4, 0.5) is 0 Å². The molecule has 0 radical (unpaired) electrons. The quantitative estimate of drug-likeness (QED) is 0.308. The van der Waals surface area contributed by atoms with E-state index in [1.165, 1.54) is 0 Å². The second kappa shape index (κ2) is 12.1. The Morgan fingerprint density at radius 2 is 1.73 bits per heavy atom. The molecule has 0 bridgehead atoms. The zero-order valence-corrected chi connectivity index (χ0v) is 23.4. The molecule has 1 unspecified atom stereocenters. The number of esters is 1. The van der Waals surface area contributed by atoms with Crippen LogP contribution in [0, 0.1) is 5.92 Å². The Morgan fingerprint density at radius 3 is 2.45 bits per heavy atom. The van der Waals surface area contributed by atoms with Crippen LogP contribution < -0.4 is 4.74 Å². The van der Waals surface area contributed by atoms with Gasteiger partial charge in [-0.2, -0.15) is 0 Å². The van der Waals surface area contributed by atoms with E-state index in [0.717, 1.165) is 16.8 Å². The summed E-state index contributed by atoms with van der Waals surface area (Å²) in [6.07, 6.45) is 1.50. The lowest BCUT2D eigenvalue weighted by atomic mass is 9.66. The van der Waals surface area contributed by atoms with Gasteiger partial charge in [0.25, 0.3) is 0 Å². The van der Waals surface area contributed by atoms with Crippen LogP contribution in [-0.2, 0) is 20.7 Å². The predicted molar refractivity (Wildman–Crippen MR) is 155 cm³/mol. The van der Waals surface area contributed by atoms with Crippen LogP contribution in [0.3, 0.4) is 0 Å². The van der Waals surface area contributed by atoms with Crippen molar-refractivity contribution in [2.45, 2.75) is 44.9 Å². The third-order valence-corrected chi connectivity index (χ3v) is 7.88. The summed E-state index contributed by atoms with van der Waals surface area (Å²) < 4.78 is 11.4. The molecular weight excluding hydrogens is 526 g/mol. The van der Waals surface area contributed by atoms with E-state index in [4.69, 9.17) is 26.1 Å². The Morgan fingerprint density at radius 1 is 1.00 bits per heavy atom. The average Bonchev–Trinajstić information content (AvgIpc) is 2.94. The number of ether oxygens (including phenoxy) is 2. The van der Waals surface area contributed by atoms with Crippen LogP contribution in [-0.4, -0.2) is 35.8 Å². The summed E-state index contributed by atoms with van der Waals surface area (Å²) in [5, 5.41) is 11.0. The summed E-state index contributed by atoms with van der Waals surface area (Å²) in [6, 6.07) is 22.4. The minimum absolute atomic E-state index is 0.000706. The Hall–Kier alpha value is -3.90. The van der Waals surface area contributed by atoms with Crippen molar-refractivity contribution in [3.8, 4) is 11.5 Å². The van der Waals surface area contributed by atoms with Crippen molar-refractivity contribution in [2.75, 3.05) is 13.2 Å². The van der Waals surface area contributed by atoms with Crippen LogP contribution in [0.2, 0.25) is 5.02 Å². The zero-order valence-electron chi connectivity index (χ0n) is 22.6. The molecule has 1 fully saturated rings. The highest BCUT2D eigenvalue weighted by molar-refractivity contribution is 6.30. The normalized spacial score (nSPS) is 20.5. The monoisotopic (exact) mass is 557 g/mol. The molecular formula is C33H32ClNO5. The predicted octanol–water partition coefficient (Wildman–Crippen LogP) is 6.81. The van der Waals surface area contributed by atoms with Gasteiger partial charge in [-0.25, -0.2) is 4.79 Å². The first-order valence-electron chi connectivity index (χ1n) is 13.6. The molecule has 7 heteroatoms. The molecule has 2 aliphatic rings. The molecule has 0 aromatic heterocycles. The number of hydrogen-bond acceptors (Lipinski definition) is 6. The molecule has 206 valence electrons. The lowest BCUT2D eigenvalue weighted by Gasteiger charge is -2.38. The molecule has 6 nitrogen and oxygen atoms in total. The second-order valence-electron chi connectivity index (χ2n) is 10.2. The summed E-state index contributed by atoms with van der Waals surface area (Å²) in [7, 11) is 0. The molecule has 3 aromatic carbocycles. The topological polar surface area (TPSA) is 85.2 Å². The number of allylic oxidation sites excluding steroid dienone is 1. The van der Waals surface area contributed by atoms with Crippen LogP contribution in [0.15, 0.2) is 89.1 Å². The molecule has 3 atom stereocenters. The summed E-state index contributed by atoms with van der Waals surface area (Å²) in [6.45, 7) is 4.20. The lowest BCUT2D eigenvalue weighted by molar-refractivity contribution is -0.139. The molecule has 0 spiro atoms. The largest absolute Gasteiger partial charge is 0.504 e. The van der Waals surface area contributed by atoms with Crippen molar-refractivity contribution in [3.05, 3.63) is 106 Å². The highest BCUT2D eigenvalue weighted by Crippen LogP contribution is 2.47. The smallest absolute Gasteiger partial charge is 0.336 e. The van der Waals surface area contributed by atoms with Gasteiger partial charge >= 0.3 is 5.97 Å². The summed E-state index contributed by atoms with van der Waals surface area (Å²) >= 11 is 6.09. The molecule has 1 aliphatic carbocycles. The number of phenolic OH excluding ortho intramolecular Hbond substituents is 1. The molecule has 1 heterocycles. The van der Waals surface area contributed by atoms with Gasteiger partial charge in [0.15, 0.2) is 11.5 Å². The fraction of sp³-hybridized carbons (Fsp3) is 0.303. The molecule has 5 rings (SSSR count). The Labute approximate surface area is 239 Å². The van der Waals surface area contributed by atoms with E-state index in [1.54, 1.807) is 25.1 Å². The fourth-order valence-corrected chi connectivity index (χ4v) is 5.88. The highest BCUT2D eigenvalue weighted by Gasteiger charge is 2.46. The first kappa shape index (κ1) is 27.7. The van der Waals surface area contributed by atoms with Gasteiger partial charge < -0.3 is 14.6 Å². The lowest BCUT2D eigenvalue weighted by Crippen LogP contribution is -2.41. The number of nitrogens with zero attached hydrogens (tertiary/aromatic N) is 1. The summed E-state index contributed by atoms with van der Waals surface area (Å²) in [5.74, 6) is -1.39. The van der Waals surface area contributed by atoms with Crippen molar-refractivity contribution in [1.82, 2.24) is 0 Å². The maximum Gasteiger partial charge on any atom is 0.336 e. The first-order valence-corrected chi connectivity index (χ1v) is 14.0. The Bertz CT molecular complexity index is 1460. The van der Waals surface area contributed by atoms with E-state index in [1.807, 2.05) is 61.5 Å². The molecule has 1 saturated carbocycles. The van der Waals surface area contributed by atoms with Crippen molar-refractivity contribution < 1.29 is 24.2 Å². The molecule has 3 aromatic rings. The maximum atomic E-state index is 13.9. The van der Waals surface area contributed by atoms with Gasteiger partial charge in [0.1, 0.15) is 5.78 Å². The third kappa shape index (κ3) is 5.82. The van der Waals surface area contributed by atoms with Gasteiger partial charge in [-0.1, -0.05) is 60.1 Å². The van der Waals surface area contributed by atoms with E-state index in [0.29, 0.717) is 53.5 Å². The SMILES string of the molecule is CCOc1cc([C@@H]2C(C(=O)OCCc3ccccc3)=C(C)N=C3C[C@H](c4ccc(Cl)cc4)CC(=O)C32)ccc1O. The number of benzene rings is 3. The minimum Gasteiger partial charge on any atom is -0.504 e. The fourth-order valence-electron chi connectivity index (χ4n) is 5.75. The van der Waals surface area contributed by atoms with Crippen LogP contribution in [0.5, 0.6) is 11.5 Å². The van der Waals surface area contributed by atoms with Gasteiger partial charge in [-0.05, 0) is 67.1 Å². The number of phenols is 1. The van der Waals surface area contributed by atoms with Gasteiger partial charge in [-0.15, -0.1) is 0 Å². The zero-order chi connectivity index (χ0) is 28.2. The number of carbonyl (C=O) groups excluding carboxylic acids is 2. The van der Waals surface area contributed by atoms with Crippen molar-refractivity contribution in [3.63, 3.8) is 0 Å².